The van der Waals surface area contributed by atoms with Crippen molar-refractivity contribution in [2.24, 2.45) is 0 Å². The molecular weight excluding hydrogens is 472 g/mol. The van der Waals surface area contributed by atoms with E-state index in [1.165, 1.54) is 0 Å². The lowest BCUT2D eigenvalue weighted by molar-refractivity contribution is -0.137. The molecule has 0 fully saturated rings. The van der Waals surface area contributed by atoms with Gasteiger partial charge in [-0.1, -0.05) is 6.58 Å². The van der Waals surface area contributed by atoms with Crippen LogP contribution in [0.1, 0.15) is 24.5 Å². The molecule has 4 aromatic heterocycles. The highest BCUT2D eigenvalue weighted by molar-refractivity contribution is 5.93. The minimum absolute atomic E-state index is 0.0539. The summed E-state index contributed by atoms with van der Waals surface area (Å²) in [6.07, 6.45) is 8.66. The number of aromatic nitrogens is 6. The van der Waals surface area contributed by atoms with E-state index < -0.39 is 0 Å². The Bertz CT molecular complexity index is 1350. The Morgan fingerprint density at radius 3 is 2.35 bits per heavy atom. The van der Waals surface area contributed by atoms with Crippen molar-refractivity contribution in [1.82, 2.24) is 29.9 Å². The molecule has 1 aliphatic rings. The van der Waals surface area contributed by atoms with Gasteiger partial charge in [-0.3, -0.25) is 19.9 Å². The number of nitrogens with two attached hydrogens (primary N) is 1. The quantitative estimate of drug-likeness (QED) is 0.282. The molecule has 0 unspecified atom stereocenters. The largest absolute Gasteiger partial charge is 0.463 e. The van der Waals surface area contributed by atoms with Crippen molar-refractivity contribution in [2.75, 3.05) is 17.7 Å². The molecule has 4 aromatic rings. The maximum atomic E-state index is 11.4. The predicted molar refractivity (Wildman–Crippen MR) is 141 cm³/mol. The maximum absolute atomic E-state index is 11.4. The number of esters is 1. The number of pyridine rings is 2. The zero-order chi connectivity index (χ0) is 26.8. The number of hydrogen-bond donors (Lipinski definition) is 3. The fraction of sp³-hybridized carbons (Fsp3) is 0.231. The summed E-state index contributed by atoms with van der Waals surface area (Å²) in [5.74, 6) is 1.04. The molecule has 5 heterocycles. The first-order chi connectivity index (χ1) is 17.8. The second-order valence-electron chi connectivity index (χ2n) is 7.89. The van der Waals surface area contributed by atoms with Crippen LogP contribution in [-0.4, -0.2) is 48.4 Å². The van der Waals surface area contributed by atoms with E-state index >= 15 is 0 Å². The first-order valence-electron chi connectivity index (χ1n) is 11.6. The number of aromatic amines is 1. The van der Waals surface area contributed by atoms with Crippen LogP contribution in [0.3, 0.4) is 0 Å². The molecule has 0 spiro atoms. The van der Waals surface area contributed by atoms with E-state index in [4.69, 9.17) is 5.73 Å². The molecule has 0 saturated heterocycles. The van der Waals surface area contributed by atoms with E-state index in [0.717, 1.165) is 45.5 Å². The Morgan fingerprint density at radius 2 is 1.84 bits per heavy atom. The number of amides is 1. The number of anilines is 2. The Hall–Kier alpha value is -4.80. The molecule has 11 heteroatoms. The van der Waals surface area contributed by atoms with Crippen molar-refractivity contribution in [1.29, 1.82) is 0 Å². The van der Waals surface area contributed by atoms with Gasteiger partial charge in [0.1, 0.15) is 11.6 Å². The van der Waals surface area contributed by atoms with Crippen LogP contribution in [0.5, 0.6) is 0 Å². The number of nitrogen functional groups attached to an aromatic ring is 1. The monoisotopic (exact) mass is 502 g/mol. The summed E-state index contributed by atoms with van der Waals surface area (Å²) in [5.41, 5.74) is 11.4. The highest BCUT2D eigenvalue weighted by atomic mass is 16.5. The van der Waals surface area contributed by atoms with E-state index in [2.05, 4.69) is 41.9 Å². The van der Waals surface area contributed by atoms with Gasteiger partial charge in [-0.15, -0.1) is 0 Å². The lowest BCUT2D eigenvalue weighted by Gasteiger charge is -2.14. The minimum Gasteiger partial charge on any atom is -0.463 e. The first kappa shape index (κ1) is 26.8. The molecule has 5 rings (SSSR count). The van der Waals surface area contributed by atoms with Crippen LogP contribution in [0, 0.1) is 13.8 Å². The van der Waals surface area contributed by atoms with Gasteiger partial charge < -0.3 is 15.8 Å². The zero-order valence-electron chi connectivity index (χ0n) is 21.1. The molecule has 0 saturated carbocycles. The fourth-order valence-electron chi connectivity index (χ4n) is 3.46. The Balaban J connectivity index is 0.000000169. The number of fused-ring (bicyclic) bond motifs is 1. The van der Waals surface area contributed by atoms with Crippen LogP contribution in [0.2, 0.25) is 0 Å². The topological polar surface area (TPSA) is 154 Å². The fourth-order valence-corrected chi connectivity index (χ4v) is 3.46. The van der Waals surface area contributed by atoms with Crippen molar-refractivity contribution < 1.29 is 14.3 Å². The summed E-state index contributed by atoms with van der Waals surface area (Å²) in [4.78, 5) is 29.5. The Labute approximate surface area is 214 Å². The third-order valence-corrected chi connectivity index (χ3v) is 5.38. The van der Waals surface area contributed by atoms with Crippen molar-refractivity contribution >= 4 is 23.5 Å². The number of hydrogen-bond acceptors (Lipinski definition) is 8. The highest BCUT2D eigenvalue weighted by Crippen LogP contribution is 2.29. The van der Waals surface area contributed by atoms with E-state index in [-0.39, 0.29) is 11.9 Å². The Morgan fingerprint density at radius 1 is 1.16 bits per heavy atom. The summed E-state index contributed by atoms with van der Waals surface area (Å²) in [7, 11) is 0. The van der Waals surface area contributed by atoms with Crippen LogP contribution in [0.15, 0.2) is 61.7 Å². The molecule has 4 N–H and O–H groups in total. The number of carbonyl (C=O) groups excluding carboxylic acids is 2. The molecule has 0 atom stereocenters. The molecule has 0 aliphatic carbocycles. The van der Waals surface area contributed by atoms with E-state index in [1.807, 2.05) is 42.8 Å². The highest BCUT2D eigenvalue weighted by Gasteiger charge is 2.21. The second-order valence-corrected chi connectivity index (χ2v) is 7.89. The van der Waals surface area contributed by atoms with Gasteiger partial charge in [-0.05, 0) is 45.0 Å². The second kappa shape index (κ2) is 12.8. The summed E-state index contributed by atoms with van der Waals surface area (Å²) >= 11 is 0. The van der Waals surface area contributed by atoms with Crippen molar-refractivity contribution in [3.8, 4) is 22.5 Å². The summed E-state index contributed by atoms with van der Waals surface area (Å²) < 4.78 is 6.28. The third-order valence-electron chi connectivity index (χ3n) is 5.38. The maximum Gasteiger partial charge on any atom is 0.330 e. The van der Waals surface area contributed by atoms with Crippen LogP contribution in [0.4, 0.5) is 11.6 Å². The van der Waals surface area contributed by atoms with Gasteiger partial charge >= 0.3 is 5.97 Å². The molecule has 0 radical (unpaired) electrons. The van der Waals surface area contributed by atoms with Crippen LogP contribution < -0.4 is 11.1 Å². The minimum atomic E-state index is -0.359. The number of nitrogens with one attached hydrogen (secondary N) is 2. The molecule has 1 amide bonds. The van der Waals surface area contributed by atoms with Gasteiger partial charge in [0.05, 0.1) is 24.5 Å². The van der Waals surface area contributed by atoms with Crippen LogP contribution in [0.25, 0.3) is 22.5 Å². The van der Waals surface area contributed by atoms with Crippen molar-refractivity contribution in [2.45, 2.75) is 33.7 Å². The van der Waals surface area contributed by atoms with Gasteiger partial charge in [-0.2, -0.15) is 10.2 Å². The van der Waals surface area contributed by atoms with Crippen LogP contribution in [-0.2, 0) is 20.9 Å². The number of rotatable bonds is 4. The van der Waals surface area contributed by atoms with Gasteiger partial charge in [0.25, 0.3) is 0 Å². The van der Waals surface area contributed by atoms with Crippen LogP contribution >= 0.6 is 0 Å². The summed E-state index contributed by atoms with van der Waals surface area (Å²) in [5, 5.41) is 14.2. The summed E-state index contributed by atoms with van der Waals surface area (Å²) in [6.45, 7) is 9.92. The molecule has 11 nitrogen and oxygen atoms in total. The molecule has 0 aromatic carbocycles. The van der Waals surface area contributed by atoms with E-state index in [1.54, 1.807) is 31.7 Å². The third kappa shape index (κ3) is 6.88. The molecule has 192 valence electrons. The van der Waals surface area contributed by atoms with Gasteiger partial charge in [0, 0.05) is 59.5 Å². The predicted octanol–water partition coefficient (Wildman–Crippen LogP) is 3.69. The molecule has 1 aliphatic heterocycles. The SMILES string of the molecule is C=CC(=O)OCC.Cc1c(-c2cccnc2)nn2c1NC(=O)CC2.Cc1c(N)n[nH]c1-c1cccnc1. The van der Waals surface area contributed by atoms with Gasteiger partial charge in [-0.25, -0.2) is 9.48 Å². The number of aryl methyl sites for hydroxylation is 1. The number of H-pyrrole nitrogens is 1. The smallest absolute Gasteiger partial charge is 0.330 e. The number of ether oxygens (including phenoxy) is 1. The number of carbonyl (C=O) groups is 2. The normalized spacial score (nSPS) is 11.6. The van der Waals surface area contributed by atoms with Gasteiger partial charge in [0.15, 0.2) is 0 Å². The lowest BCUT2D eigenvalue weighted by atomic mass is 10.1. The molecule has 37 heavy (non-hydrogen) atoms. The van der Waals surface area contributed by atoms with Crippen molar-refractivity contribution in [3.63, 3.8) is 0 Å². The first-order valence-corrected chi connectivity index (χ1v) is 11.6. The summed E-state index contributed by atoms with van der Waals surface area (Å²) in [6, 6.07) is 7.70. The standard InChI is InChI=1S/C12H12N4O.C9H10N4.C5H8O2/c1-8-11(9-3-2-5-13-7-9)15-16-6-4-10(17)14-12(8)16;1-6-8(12-13-9(6)10)7-3-2-4-11-5-7;1-3-5(6)7-4-2/h2-3,5,7H,4,6H2,1H3,(H,14,17);2-5H,1H3,(H3,10,12,13);3H,1,4H2,2H3. The Kier molecular flexibility index (Phi) is 9.25. The molecule has 0 bridgehead atoms. The lowest BCUT2D eigenvalue weighted by Crippen LogP contribution is -2.23. The van der Waals surface area contributed by atoms with Crippen molar-refractivity contribution in [3.05, 3.63) is 72.8 Å². The zero-order valence-corrected chi connectivity index (χ0v) is 21.1. The number of nitrogens with zero attached hydrogens (tertiary/aromatic N) is 5. The van der Waals surface area contributed by atoms with E-state index in [0.29, 0.717) is 25.4 Å². The van der Waals surface area contributed by atoms with E-state index in [9.17, 15) is 9.59 Å². The van der Waals surface area contributed by atoms with Gasteiger partial charge in [0.2, 0.25) is 5.91 Å². The average molecular weight is 503 g/mol. The average Bonchev–Trinajstić information content (AvgIpc) is 3.44. The molecular formula is C26H30N8O3.